The molecule has 0 saturated carbocycles. The molecule has 2 aromatic carbocycles. The number of nitrogens with one attached hydrogen (secondary N) is 1. The van der Waals surface area contributed by atoms with Crippen molar-refractivity contribution in [3.8, 4) is 28.4 Å². The number of hydrogen-bond acceptors (Lipinski definition) is 4. The van der Waals surface area contributed by atoms with Gasteiger partial charge in [0.05, 0.1) is 25.6 Å². The highest BCUT2D eigenvalue weighted by Crippen LogP contribution is 2.37. The minimum absolute atomic E-state index is 0.707. The Kier molecular flexibility index (Phi) is 4.01. The van der Waals surface area contributed by atoms with Gasteiger partial charge < -0.3 is 14.8 Å². The molecular formula is C19H18ClN3O2. The summed E-state index contributed by atoms with van der Waals surface area (Å²) in [5, 5.41) is 8.99. The van der Waals surface area contributed by atoms with E-state index in [2.05, 4.69) is 5.32 Å². The van der Waals surface area contributed by atoms with Gasteiger partial charge in [0.1, 0.15) is 17.3 Å². The van der Waals surface area contributed by atoms with Gasteiger partial charge in [-0.05, 0) is 42.8 Å². The Labute approximate surface area is 151 Å². The van der Waals surface area contributed by atoms with Gasteiger partial charge in [-0.1, -0.05) is 11.6 Å². The quantitative estimate of drug-likeness (QED) is 0.762. The van der Waals surface area contributed by atoms with Gasteiger partial charge in [-0.15, -0.1) is 0 Å². The van der Waals surface area contributed by atoms with Crippen molar-refractivity contribution in [2.45, 2.75) is 6.42 Å². The first-order valence-electron chi connectivity index (χ1n) is 8.05. The zero-order valence-corrected chi connectivity index (χ0v) is 14.8. The summed E-state index contributed by atoms with van der Waals surface area (Å²) >= 11 is 6.01. The third kappa shape index (κ3) is 2.81. The van der Waals surface area contributed by atoms with Crippen LogP contribution in [-0.4, -0.2) is 30.5 Å². The van der Waals surface area contributed by atoms with Crippen LogP contribution in [-0.2, 0) is 6.42 Å². The zero-order chi connectivity index (χ0) is 17.4. The van der Waals surface area contributed by atoms with Crippen molar-refractivity contribution in [1.29, 1.82) is 0 Å². The van der Waals surface area contributed by atoms with Crippen molar-refractivity contribution in [3.05, 3.63) is 53.1 Å². The fourth-order valence-corrected chi connectivity index (χ4v) is 3.25. The highest BCUT2D eigenvalue weighted by Gasteiger charge is 2.24. The third-order valence-corrected chi connectivity index (χ3v) is 4.60. The molecule has 25 heavy (non-hydrogen) atoms. The summed E-state index contributed by atoms with van der Waals surface area (Å²) in [4.78, 5) is 0. The highest BCUT2D eigenvalue weighted by molar-refractivity contribution is 6.30. The van der Waals surface area contributed by atoms with Gasteiger partial charge in [-0.2, -0.15) is 5.10 Å². The fraction of sp³-hybridized carbons (Fsp3) is 0.211. The zero-order valence-electron chi connectivity index (χ0n) is 14.0. The van der Waals surface area contributed by atoms with Crippen molar-refractivity contribution in [3.63, 3.8) is 0 Å². The normalized spacial score (nSPS) is 12.6. The van der Waals surface area contributed by atoms with E-state index in [-0.39, 0.29) is 0 Å². The van der Waals surface area contributed by atoms with Gasteiger partial charge in [0.25, 0.3) is 0 Å². The molecule has 1 aliphatic rings. The summed E-state index contributed by atoms with van der Waals surface area (Å²) in [6, 6.07) is 13.5. The number of ether oxygens (including phenoxy) is 2. The number of nitrogens with zero attached hydrogens (tertiary/aromatic N) is 2. The molecule has 0 unspecified atom stereocenters. The van der Waals surface area contributed by atoms with Crippen LogP contribution in [0, 0.1) is 0 Å². The fourth-order valence-electron chi connectivity index (χ4n) is 3.12. The first kappa shape index (κ1) is 15.8. The maximum atomic E-state index is 6.01. The lowest BCUT2D eigenvalue weighted by Crippen LogP contribution is -2.04. The summed E-state index contributed by atoms with van der Waals surface area (Å²) in [6.45, 7) is 0.898. The summed E-state index contributed by atoms with van der Waals surface area (Å²) in [5.41, 5.74) is 4.08. The van der Waals surface area contributed by atoms with Gasteiger partial charge >= 0.3 is 0 Å². The summed E-state index contributed by atoms with van der Waals surface area (Å²) in [5.74, 6) is 2.52. The first-order chi connectivity index (χ1) is 12.2. The van der Waals surface area contributed by atoms with E-state index in [4.69, 9.17) is 26.2 Å². The Morgan fingerprint density at radius 2 is 1.72 bits per heavy atom. The van der Waals surface area contributed by atoms with Gasteiger partial charge in [0.15, 0.2) is 0 Å². The minimum Gasteiger partial charge on any atom is -0.497 e. The summed E-state index contributed by atoms with van der Waals surface area (Å²) < 4.78 is 12.7. The topological polar surface area (TPSA) is 48.3 Å². The molecule has 1 aromatic heterocycles. The second-order valence-electron chi connectivity index (χ2n) is 5.84. The Balaban J connectivity index is 1.87. The predicted molar refractivity (Wildman–Crippen MR) is 99.3 cm³/mol. The smallest absolute Gasteiger partial charge is 0.133 e. The van der Waals surface area contributed by atoms with Crippen LogP contribution in [0.2, 0.25) is 5.02 Å². The molecule has 2 heterocycles. The Morgan fingerprint density at radius 3 is 2.36 bits per heavy atom. The molecule has 0 atom stereocenters. The molecule has 0 amide bonds. The van der Waals surface area contributed by atoms with Crippen molar-refractivity contribution in [2.24, 2.45) is 0 Å². The molecule has 4 rings (SSSR count). The van der Waals surface area contributed by atoms with E-state index in [0.29, 0.717) is 5.02 Å². The lowest BCUT2D eigenvalue weighted by Gasteiger charge is -2.08. The Hall–Kier alpha value is -2.66. The Bertz CT molecular complexity index is 897. The van der Waals surface area contributed by atoms with Crippen LogP contribution in [0.25, 0.3) is 16.9 Å². The van der Waals surface area contributed by atoms with E-state index < -0.39 is 0 Å². The lowest BCUT2D eigenvalue weighted by molar-refractivity contribution is 0.394. The van der Waals surface area contributed by atoms with E-state index in [0.717, 1.165) is 47.2 Å². The van der Waals surface area contributed by atoms with Crippen molar-refractivity contribution in [2.75, 3.05) is 26.1 Å². The van der Waals surface area contributed by atoms with E-state index >= 15 is 0 Å². The molecular weight excluding hydrogens is 338 g/mol. The van der Waals surface area contributed by atoms with Crippen LogP contribution in [0.5, 0.6) is 11.5 Å². The lowest BCUT2D eigenvalue weighted by atomic mass is 10.1. The molecule has 1 N–H and O–H groups in total. The van der Waals surface area contributed by atoms with E-state index in [9.17, 15) is 0 Å². The second-order valence-corrected chi connectivity index (χ2v) is 6.28. The van der Waals surface area contributed by atoms with Crippen molar-refractivity contribution in [1.82, 2.24) is 9.78 Å². The Morgan fingerprint density at radius 1 is 1.04 bits per heavy atom. The van der Waals surface area contributed by atoms with Gasteiger partial charge in [-0.25, -0.2) is 4.68 Å². The van der Waals surface area contributed by atoms with Crippen molar-refractivity contribution < 1.29 is 9.47 Å². The number of rotatable bonds is 4. The van der Waals surface area contributed by atoms with Gasteiger partial charge in [0.2, 0.25) is 0 Å². The molecule has 128 valence electrons. The van der Waals surface area contributed by atoms with Gasteiger partial charge in [0, 0.05) is 28.8 Å². The molecule has 3 aromatic rings. The first-order valence-corrected chi connectivity index (χ1v) is 8.42. The van der Waals surface area contributed by atoms with Gasteiger partial charge in [-0.3, -0.25) is 0 Å². The number of anilines is 1. The molecule has 0 saturated heterocycles. The number of methoxy groups -OCH3 is 2. The van der Waals surface area contributed by atoms with Crippen LogP contribution in [0.1, 0.15) is 5.56 Å². The monoisotopic (exact) mass is 355 g/mol. The number of fused-ring (bicyclic) bond motifs is 1. The average molecular weight is 356 g/mol. The van der Waals surface area contributed by atoms with Crippen LogP contribution in [0.3, 0.4) is 0 Å². The average Bonchev–Trinajstić information content (AvgIpc) is 3.24. The molecule has 0 spiro atoms. The van der Waals surface area contributed by atoms with E-state index in [1.165, 1.54) is 5.56 Å². The number of aromatic nitrogens is 2. The SMILES string of the molecule is COc1cc(OC)cc(-c2nn(-c3ccc(Cl)cc3)c3c2CCN3)c1. The third-order valence-electron chi connectivity index (χ3n) is 4.35. The molecule has 0 bridgehead atoms. The molecule has 0 aliphatic carbocycles. The van der Waals surface area contributed by atoms with Crippen LogP contribution < -0.4 is 14.8 Å². The number of benzene rings is 2. The van der Waals surface area contributed by atoms with Crippen LogP contribution in [0.15, 0.2) is 42.5 Å². The number of hydrogen-bond donors (Lipinski definition) is 1. The molecule has 5 nitrogen and oxygen atoms in total. The van der Waals surface area contributed by atoms with E-state index in [1.807, 2.05) is 47.1 Å². The molecule has 0 radical (unpaired) electrons. The molecule has 1 aliphatic heterocycles. The minimum atomic E-state index is 0.707. The predicted octanol–water partition coefficient (Wildman–Crippen LogP) is 4.18. The maximum Gasteiger partial charge on any atom is 0.133 e. The van der Waals surface area contributed by atoms with Crippen molar-refractivity contribution >= 4 is 17.4 Å². The highest BCUT2D eigenvalue weighted by atomic mass is 35.5. The standard InChI is InChI=1S/C19H18ClN3O2/c1-24-15-9-12(10-16(11-15)25-2)18-17-7-8-21-19(17)23(22-18)14-5-3-13(20)4-6-14/h3-6,9-11,21H,7-8H2,1-2H3. The number of halogens is 1. The van der Waals surface area contributed by atoms with Crippen LogP contribution >= 0.6 is 11.6 Å². The largest absolute Gasteiger partial charge is 0.497 e. The molecule has 6 heteroatoms. The van der Waals surface area contributed by atoms with E-state index in [1.54, 1.807) is 14.2 Å². The van der Waals surface area contributed by atoms with Crippen LogP contribution in [0.4, 0.5) is 5.82 Å². The summed E-state index contributed by atoms with van der Waals surface area (Å²) in [6.07, 6.45) is 0.928. The summed E-state index contributed by atoms with van der Waals surface area (Å²) in [7, 11) is 3.30. The maximum absolute atomic E-state index is 6.01. The molecule has 0 fully saturated rings. The second kappa shape index (κ2) is 6.33.